The third-order valence-corrected chi connectivity index (χ3v) is 4.49. The van der Waals surface area contributed by atoms with Crippen LogP contribution in [-0.4, -0.2) is 4.98 Å². The van der Waals surface area contributed by atoms with E-state index in [4.69, 9.17) is 23.2 Å². The van der Waals surface area contributed by atoms with E-state index in [1.807, 2.05) is 36.4 Å². The van der Waals surface area contributed by atoms with E-state index in [9.17, 15) is 4.79 Å². The van der Waals surface area contributed by atoms with Crippen LogP contribution in [0.4, 0.5) is 0 Å². The maximum atomic E-state index is 12.2. The predicted octanol–water partition coefficient (Wildman–Crippen LogP) is 5.19. The molecule has 3 aromatic rings. The van der Waals surface area contributed by atoms with Crippen molar-refractivity contribution in [1.29, 1.82) is 0 Å². The molecule has 0 unspecified atom stereocenters. The Bertz CT molecular complexity index is 889. The minimum atomic E-state index is -0.105. The average molecular weight is 383 g/mol. The molecule has 106 valence electrons. The minimum absolute atomic E-state index is 0.105. The zero-order valence-corrected chi connectivity index (χ0v) is 13.9. The number of H-pyrrole nitrogens is 1. The second-order valence-electron chi connectivity index (χ2n) is 4.77. The molecular weight excluding hydrogens is 373 g/mol. The number of halogens is 3. The van der Waals surface area contributed by atoms with Crippen molar-refractivity contribution in [3.63, 3.8) is 0 Å². The lowest BCUT2D eigenvalue weighted by Crippen LogP contribution is -2.12. The molecule has 1 aromatic heterocycles. The first-order valence-electron chi connectivity index (χ1n) is 6.28. The summed E-state index contributed by atoms with van der Waals surface area (Å²) in [6, 6.07) is 12.9. The standard InChI is InChI=1S/C16H10BrCl2NO/c17-14-7-12(18)3-1-9(14)5-11-6-10-2-4-13(19)8-15(10)20-16(11)21/h1-4,6-8H,5H2,(H,20,21). The van der Waals surface area contributed by atoms with Crippen molar-refractivity contribution >= 4 is 50.0 Å². The smallest absolute Gasteiger partial charge is 0.251 e. The fourth-order valence-corrected chi connectivity index (χ4v) is 3.21. The van der Waals surface area contributed by atoms with Crippen molar-refractivity contribution in [3.8, 4) is 0 Å². The Kier molecular flexibility index (Phi) is 4.07. The Morgan fingerprint density at radius 2 is 1.67 bits per heavy atom. The number of aromatic amines is 1. The van der Waals surface area contributed by atoms with Gasteiger partial charge in [0, 0.05) is 32.0 Å². The third kappa shape index (κ3) is 3.15. The first kappa shape index (κ1) is 14.6. The molecule has 0 saturated carbocycles. The lowest BCUT2D eigenvalue weighted by molar-refractivity contribution is 1.11. The molecule has 3 rings (SSSR count). The van der Waals surface area contributed by atoms with Crippen LogP contribution in [0.5, 0.6) is 0 Å². The molecular formula is C16H10BrCl2NO. The molecule has 0 radical (unpaired) electrons. The summed E-state index contributed by atoms with van der Waals surface area (Å²) in [5.74, 6) is 0. The molecule has 0 aliphatic heterocycles. The summed E-state index contributed by atoms with van der Waals surface area (Å²) < 4.78 is 0.894. The minimum Gasteiger partial charge on any atom is -0.322 e. The average Bonchev–Trinajstić information content (AvgIpc) is 2.42. The summed E-state index contributed by atoms with van der Waals surface area (Å²) >= 11 is 15.3. The number of benzene rings is 2. The molecule has 1 heterocycles. The number of hydrogen-bond donors (Lipinski definition) is 1. The molecule has 0 aliphatic rings. The molecule has 0 amide bonds. The van der Waals surface area contributed by atoms with Gasteiger partial charge in [-0.15, -0.1) is 0 Å². The van der Waals surface area contributed by atoms with Gasteiger partial charge in [-0.2, -0.15) is 0 Å². The van der Waals surface area contributed by atoms with E-state index in [-0.39, 0.29) is 5.56 Å². The maximum Gasteiger partial charge on any atom is 0.251 e. The van der Waals surface area contributed by atoms with E-state index in [2.05, 4.69) is 20.9 Å². The van der Waals surface area contributed by atoms with Gasteiger partial charge in [-0.25, -0.2) is 0 Å². The van der Waals surface area contributed by atoms with E-state index in [0.29, 0.717) is 22.0 Å². The predicted molar refractivity (Wildman–Crippen MR) is 91.5 cm³/mol. The highest BCUT2D eigenvalue weighted by molar-refractivity contribution is 9.10. The summed E-state index contributed by atoms with van der Waals surface area (Å²) in [6.07, 6.45) is 0.533. The molecule has 2 nitrogen and oxygen atoms in total. The van der Waals surface area contributed by atoms with Gasteiger partial charge in [0.15, 0.2) is 0 Å². The highest BCUT2D eigenvalue weighted by Crippen LogP contribution is 2.24. The lowest BCUT2D eigenvalue weighted by atomic mass is 10.0. The van der Waals surface area contributed by atoms with Crippen LogP contribution in [0.1, 0.15) is 11.1 Å². The molecule has 1 N–H and O–H groups in total. The number of hydrogen-bond acceptors (Lipinski definition) is 1. The van der Waals surface area contributed by atoms with E-state index < -0.39 is 0 Å². The maximum absolute atomic E-state index is 12.2. The molecule has 2 aromatic carbocycles. The van der Waals surface area contributed by atoms with Gasteiger partial charge >= 0.3 is 0 Å². The van der Waals surface area contributed by atoms with E-state index in [0.717, 1.165) is 20.9 Å². The van der Waals surface area contributed by atoms with Crippen molar-refractivity contribution in [2.75, 3.05) is 0 Å². The number of fused-ring (bicyclic) bond motifs is 1. The number of nitrogens with one attached hydrogen (secondary N) is 1. The topological polar surface area (TPSA) is 32.9 Å². The zero-order valence-electron chi connectivity index (χ0n) is 10.8. The van der Waals surface area contributed by atoms with Gasteiger partial charge in [0.2, 0.25) is 0 Å². The van der Waals surface area contributed by atoms with Crippen LogP contribution in [-0.2, 0) is 6.42 Å². The first-order chi connectivity index (χ1) is 10.0. The second kappa shape index (κ2) is 5.84. The van der Waals surface area contributed by atoms with E-state index in [1.165, 1.54) is 0 Å². The van der Waals surface area contributed by atoms with Gasteiger partial charge in [0.05, 0.1) is 0 Å². The van der Waals surface area contributed by atoms with Crippen molar-refractivity contribution in [2.24, 2.45) is 0 Å². The summed E-state index contributed by atoms with van der Waals surface area (Å²) in [7, 11) is 0. The number of rotatable bonds is 2. The Morgan fingerprint density at radius 1 is 0.952 bits per heavy atom. The molecule has 0 bridgehead atoms. The highest BCUT2D eigenvalue weighted by atomic mass is 79.9. The van der Waals surface area contributed by atoms with Crippen LogP contribution in [0.25, 0.3) is 10.9 Å². The van der Waals surface area contributed by atoms with Crippen molar-refractivity contribution in [3.05, 3.63) is 78.5 Å². The van der Waals surface area contributed by atoms with Gasteiger partial charge in [-0.05, 0) is 41.3 Å². The van der Waals surface area contributed by atoms with E-state index >= 15 is 0 Å². The van der Waals surface area contributed by atoms with E-state index in [1.54, 1.807) is 6.07 Å². The summed E-state index contributed by atoms with van der Waals surface area (Å²) in [5.41, 5.74) is 2.35. The van der Waals surface area contributed by atoms with Gasteiger partial charge < -0.3 is 4.98 Å². The Morgan fingerprint density at radius 3 is 2.43 bits per heavy atom. The molecule has 0 spiro atoms. The number of aromatic nitrogens is 1. The van der Waals surface area contributed by atoms with Crippen molar-refractivity contribution in [2.45, 2.75) is 6.42 Å². The van der Waals surface area contributed by atoms with Crippen LogP contribution < -0.4 is 5.56 Å². The zero-order chi connectivity index (χ0) is 15.0. The highest BCUT2D eigenvalue weighted by Gasteiger charge is 2.07. The van der Waals surface area contributed by atoms with Crippen LogP contribution in [0, 0.1) is 0 Å². The fourth-order valence-electron chi connectivity index (χ4n) is 2.22. The van der Waals surface area contributed by atoms with Crippen LogP contribution >= 0.6 is 39.1 Å². The monoisotopic (exact) mass is 381 g/mol. The molecule has 0 fully saturated rings. The van der Waals surface area contributed by atoms with Crippen molar-refractivity contribution in [1.82, 2.24) is 4.98 Å². The van der Waals surface area contributed by atoms with Crippen LogP contribution in [0.2, 0.25) is 10.0 Å². The van der Waals surface area contributed by atoms with Gasteiger partial charge in [0.1, 0.15) is 0 Å². The molecule has 0 aliphatic carbocycles. The SMILES string of the molecule is O=c1[nH]c2cc(Cl)ccc2cc1Cc1ccc(Cl)cc1Br. The second-order valence-corrected chi connectivity index (χ2v) is 6.49. The molecule has 21 heavy (non-hydrogen) atoms. The van der Waals surface area contributed by atoms with Crippen LogP contribution in [0.3, 0.4) is 0 Å². The summed E-state index contributed by atoms with van der Waals surface area (Å²) in [6.45, 7) is 0. The third-order valence-electron chi connectivity index (χ3n) is 3.28. The first-order valence-corrected chi connectivity index (χ1v) is 7.83. The Labute approximate surface area is 139 Å². The Hall–Kier alpha value is -1.29. The van der Waals surface area contributed by atoms with Crippen LogP contribution in [0.15, 0.2) is 51.7 Å². The molecule has 0 atom stereocenters. The van der Waals surface area contributed by atoms with Crippen molar-refractivity contribution < 1.29 is 0 Å². The summed E-state index contributed by atoms with van der Waals surface area (Å²) in [4.78, 5) is 15.1. The lowest BCUT2D eigenvalue weighted by Gasteiger charge is -2.06. The fraction of sp³-hybridized carbons (Fsp3) is 0.0625. The molecule has 5 heteroatoms. The van der Waals surface area contributed by atoms with Gasteiger partial charge in [0.25, 0.3) is 5.56 Å². The Balaban J connectivity index is 2.06. The largest absolute Gasteiger partial charge is 0.322 e. The van der Waals surface area contributed by atoms with Gasteiger partial charge in [-0.3, -0.25) is 4.79 Å². The number of pyridine rings is 1. The summed E-state index contributed by atoms with van der Waals surface area (Å²) in [5, 5.41) is 2.22. The normalized spacial score (nSPS) is 11.0. The molecule has 0 saturated heterocycles. The van der Waals surface area contributed by atoms with Gasteiger partial charge in [-0.1, -0.05) is 51.3 Å². The quantitative estimate of drug-likeness (QED) is 0.650.